The van der Waals surface area contributed by atoms with E-state index in [0.717, 1.165) is 178 Å². The summed E-state index contributed by atoms with van der Waals surface area (Å²) in [6.45, 7) is 28.8. The normalized spacial score (nSPS) is 21.6. The Hall–Kier alpha value is -3.06. The van der Waals surface area contributed by atoms with Crippen LogP contribution in [-0.4, -0.2) is 142 Å². The molecule has 4 rings (SSSR count). The van der Waals surface area contributed by atoms with Crippen molar-refractivity contribution in [2.24, 2.45) is 35.5 Å². The van der Waals surface area contributed by atoms with Crippen LogP contribution in [-0.2, 0) is 57.3 Å². The highest BCUT2D eigenvalue weighted by atomic mass is 35.5. The molecule has 1 atom stereocenters. The van der Waals surface area contributed by atoms with Crippen molar-refractivity contribution in [1.82, 2.24) is 4.90 Å². The van der Waals surface area contributed by atoms with Gasteiger partial charge in [0.2, 0.25) is 5.24 Å². The van der Waals surface area contributed by atoms with E-state index in [1.165, 1.54) is 129 Å². The summed E-state index contributed by atoms with van der Waals surface area (Å²) in [5.41, 5.74) is 0. The van der Waals surface area contributed by atoms with Gasteiger partial charge >= 0.3 is 11.9 Å². The Morgan fingerprint density at radius 1 is 0.477 bits per heavy atom. The van der Waals surface area contributed by atoms with Crippen molar-refractivity contribution in [2.45, 2.75) is 277 Å². The molecule has 0 heterocycles. The van der Waals surface area contributed by atoms with E-state index in [4.69, 9.17) is 65.1 Å². The highest BCUT2D eigenvalue weighted by Gasteiger charge is 2.35. The van der Waals surface area contributed by atoms with Gasteiger partial charge in [-0.3, -0.25) is 19.6 Å². The standard InChI is InChI=1S/C33H58O7.C27H50O5.C6H15N.C3H3ClO.2CH2O/c1-3-31(40-35)15-11-7-5-9-13-25-38-32-22-20-29(21-23-32)28-16-18-30(19-17-28)33(34)39-26-14-10-6-8-12-24-37-27-36-4-2;28-19-7-3-1-5-9-21-31-26-17-15-24(16-18-26)23-11-13-25(14-12-23)27(30)32-22-10-6-2-4-8-20-29;1-4-7(5-2)6-3;1-2-3(4)5;2*1-2/h3-4,28-32,35H,1-2,5-27H2;23-26,28-29H,1-22H2;4-6H2,1-3H3;2H,1H2;2*1H2. The molecule has 516 valence electrons. The molecule has 0 amide bonds. The number of nitrogens with zero attached hydrogens (tertiary/aromatic N) is 1. The van der Waals surface area contributed by atoms with Crippen molar-refractivity contribution >= 4 is 42.4 Å². The molecule has 0 spiro atoms. The van der Waals surface area contributed by atoms with E-state index >= 15 is 0 Å². The average Bonchev–Trinajstić information content (AvgIpc) is 3.76. The largest absolute Gasteiger partial charge is 0.476 e. The molecule has 0 aromatic carbocycles. The third kappa shape index (κ3) is 48.7. The van der Waals surface area contributed by atoms with Gasteiger partial charge in [-0.15, -0.1) is 6.58 Å². The van der Waals surface area contributed by atoms with E-state index in [2.05, 4.69) is 50.3 Å². The number of hydrogen-bond donors (Lipinski definition) is 3. The van der Waals surface area contributed by atoms with Crippen LogP contribution < -0.4 is 0 Å². The van der Waals surface area contributed by atoms with Crippen molar-refractivity contribution in [1.29, 1.82) is 0 Å². The van der Waals surface area contributed by atoms with E-state index in [0.29, 0.717) is 38.6 Å². The minimum atomic E-state index is -0.509. The molecule has 0 bridgehead atoms. The first-order valence-corrected chi connectivity index (χ1v) is 35.0. The Balaban J connectivity index is 0. The van der Waals surface area contributed by atoms with Gasteiger partial charge in [0.1, 0.15) is 19.7 Å². The fraction of sp³-hybridized carbons (Fsp3) is 0.845. The summed E-state index contributed by atoms with van der Waals surface area (Å²) in [6.07, 6.45) is 46.0. The summed E-state index contributed by atoms with van der Waals surface area (Å²) in [7, 11) is 0. The Morgan fingerprint density at radius 3 is 1.10 bits per heavy atom. The Kier molecular flexibility index (Phi) is 64.7. The lowest BCUT2D eigenvalue weighted by Crippen LogP contribution is -2.31. The monoisotopic (exact) mass is 1270 g/mol. The molecule has 0 saturated heterocycles. The van der Waals surface area contributed by atoms with Gasteiger partial charge < -0.3 is 53.1 Å². The van der Waals surface area contributed by atoms with Gasteiger partial charge in [0.25, 0.3) is 0 Å². The van der Waals surface area contributed by atoms with Crippen molar-refractivity contribution in [3.8, 4) is 0 Å². The fourth-order valence-corrected chi connectivity index (χ4v) is 12.5. The molecule has 3 N–H and O–H groups in total. The minimum Gasteiger partial charge on any atom is -0.476 e. The number of ether oxygens (including phenoxy) is 6. The Labute approximate surface area is 540 Å². The van der Waals surface area contributed by atoms with Gasteiger partial charge in [-0.1, -0.05) is 123 Å². The third-order valence-electron chi connectivity index (χ3n) is 18.0. The van der Waals surface area contributed by atoms with Gasteiger partial charge in [0.05, 0.1) is 50.1 Å². The number of unbranched alkanes of at least 4 members (excludes halogenated alkanes) is 16. The number of carbonyl (C=O) groups is 5. The van der Waals surface area contributed by atoms with Gasteiger partial charge in [-0.05, 0) is 215 Å². The molecular weight excluding hydrogens is 1140 g/mol. The summed E-state index contributed by atoms with van der Waals surface area (Å²) < 4.78 is 33.7. The molecule has 17 heteroatoms. The molecule has 4 aliphatic rings. The smallest absolute Gasteiger partial charge is 0.308 e. The molecule has 0 radical (unpaired) electrons. The maximum Gasteiger partial charge on any atom is 0.308 e. The second-order valence-corrected chi connectivity index (χ2v) is 24.4. The summed E-state index contributed by atoms with van der Waals surface area (Å²) in [5.74, 6) is 3.49. The van der Waals surface area contributed by atoms with Gasteiger partial charge in [0.15, 0.2) is 6.79 Å². The van der Waals surface area contributed by atoms with Gasteiger partial charge in [-0.2, -0.15) is 0 Å². The second kappa shape index (κ2) is 65.4. The van der Waals surface area contributed by atoms with Crippen LogP contribution in [0.15, 0.2) is 38.2 Å². The molecule has 16 nitrogen and oxygen atoms in total. The zero-order valence-electron chi connectivity index (χ0n) is 56.0. The lowest BCUT2D eigenvalue weighted by atomic mass is 9.70. The second-order valence-electron chi connectivity index (χ2n) is 24.0. The molecule has 0 aromatic heterocycles. The Morgan fingerprint density at radius 2 is 0.795 bits per heavy atom. The number of hydrogen-bond acceptors (Lipinski definition) is 16. The number of allylic oxidation sites excluding steroid dienone is 1. The van der Waals surface area contributed by atoms with Crippen molar-refractivity contribution in [3.05, 3.63) is 38.2 Å². The van der Waals surface area contributed by atoms with E-state index < -0.39 is 5.24 Å². The van der Waals surface area contributed by atoms with Crippen LogP contribution in [0.5, 0.6) is 0 Å². The molecular formula is C71H130ClNO15. The first-order valence-electron chi connectivity index (χ1n) is 34.7. The van der Waals surface area contributed by atoms with E-state index in [-0.39, 0.29) is 43.3 Å². The third-order valence-corrected chi connectivity index (χ3v) is 18.2. The maximum absolute atomic E-state index is 12.5. The van der Waals surface area contributed by atoms with Crippen LogP contribution in [0.4, 0.5) is 0 Å². The van der Waals surface area contributed by atoms with Crippen LogP contribution in [0, 0.1) is 35.5 Å². The van der Waals surface area contributed by atoms with Crippen LogP contribution >= 0.6 is 11.6 Å². The first-order chi connectivity index (χ1) is 43.0. The topological polar surface area (TPSA) is 214 Å². The first kappa shape index (κ1) is 87.0. The summed E-state index contributed by atoms with van der Waals surface area (Å²) in [4.78, 5) is 57.1. The number of rotatable bonds is 45. The van der Waals surface area contributed by atoms with Crippen molar-refractivity contribution in [2.75, 3.05) is 72.7 Å². The highest BCUT2D eigenvalue weighted by molar-refractivity contribution is 6.66. The zero-order chi connectivity index (χ0) is 65.5. The summed E-state index contributed by atoms with van der Waals surface area (Å²) in [5, 5.41) is 25.8. The van der Waals surface area contributed by atoms with Gasteiger partial charge in [0, 0.05) is 26.4 Å². The molecule has 1 unspecified atom stereocenters. The Bertz CT molecular complexity index is 1570. The predicted molar refractivity (Wildman–Crippen MR) is 356 cm³/mol. The lowest BCUT2D eigenvalue weighted by molar-refractivity contribution is -0.267. The predicted octanol–water partition coefficient (Wildman–Crippen LogP) is 16.1. The van der Waals surface area contributed by atoms with Crippen molar-refractivity contribution in [3.63, 3.8) is 0 Å². The maximum atomic E-state index is 12.5. The molecule has 88 heavy (non-hydrogen) atoms. The SMILES string of the molecule is C=CC(=O)Cl.C=COCOCCCCCCCOC(=O)C1CCC(C2CCC(OCCCCCCCC(C=C)OO)CC2)CC1.C=O.C=O.CCN(CC)CC.O=C(OCCCCCCCO)C1CCC(C2CCC(OCCCCCCCO)CC2)CC1. The van der Waals surface area contributed by atoms with E-state index in [1.807, 2.05) is 13.6 Å². The average molecular weight is 1270 g/mol. The number of aliphatic hydroxyl groups is 2. The van der Waals surface area contributed by atoms with Crippen LogP contribution in [0.2, 0.25) is 0 Å². The molecule has 4 saturated carbocycles. The quantitative estimate of drug-likeness (QED) is 0.00595. The highest BCUT2D eigenvalue weighted by Crippen LogP contribution is 2.42. The van der Waals surface area contributed by atoms with Crippen LogP contribution in [0.1, 0.15) is 258 Å². The molecule has 4 fully saturated rings. The number of carbonyl (C=O) groups excluding carboxylic acids is 5. The zero-order valence-corrected chi connectivity index (χ0v) is 56.7. The van der Waals surface area contributed by atoms with Crippen molar-refractivity contribution < 1.29 is 72.8 Å². The summed E-state index contributed by atoms with van der Waals surface area (Å²) in [6, 6.07) is 0. The van der Waals surface area contributed by atoms with Crippen LogP contribution in [0.3, 0.4) is 0 Å². The number of aliphatic hydroxyl groups excluding tert-OH is 2. The molecule has 0 aromatic rings. The van der Waals surface area contributed by atoms with E-state index in [1.54, 1.807) is 6.08 Å². The number of esters is 2. The van der Waals surface area contributed by atoms with Gasteiger partial charge in [-0.25, -0.2) is 4.89 Å². The lowest BCUT2D eigenvalue weighted by Gasteiger charge is -2.37. The number of halogens is 1. The fourth-order valence-electron chi connectivity index (χ4n) is 12.5. The van der Waals surface area contributed by atoms with Crippen LogP contribution in [0.25, 0.3) is 0 Å². The summed E-state index contributed by atoms with van der Waals surface area (Å²) >= 11 is 4.71. The minimum absolute atomic E-state index is 0.0336. The molecule has 0 aliphatic heterocycles. The van der Waals surface area contributed by atoms with E-state index in [9.17, 15) is 14.4 Å². The molecule has 4 aliphatic carbocycles.